The fraction of sp³-hybridized carbons (Fsp3) is 0.0500. The molecule has 146 valence electrons. The van der Waals surface area contributed by atoms with Gasteiger partial charge in [0.1, 0.15) is 0 Å². The molecule has 3 rings (SSSR count). The first-order chi connectivity index (χ1) is 13.9. The van der Waals surface area contributed by atoms with Gasteiger partial charge in [0.15, 0.2) is 0 Å². The highest BCUT2D eigenvalue weighted by atomic mass is 16.7. The largest absolute Gasteiger partial charge is 0.412 e. The van der Waals surface area contributed by atoms with Gasteiger partial charge in [-0.2, -0.15) is 5.01 Å². The van der Waals surface area contributed by atoms with Crippen LogP contribution in [0.1, 0.15) is 20.7 Å². The van der Waals surface area contributed by atoms with E-state index >= 15 is 0 Å². The first-order valence-electron chi connectivity index (χ1n) is 8.24. The van der Waals surface area contributed by atoms with E-state index in [1.807, 2.05) is 5.43 Å². The van der Waals surface area contributed by atoms with Crippen LogP contribution in [0.15, 0.2) is 61.7 Å². The molecule has 1 heterocycles. The maximum Gasteiger partial charge on any atom is 0.333 e. The average molecular weight is 394 g/mol. The lowest BCUT2D eigenvalue weighted by Gasteiger charge is -2.28. The molecule has 0 unspecified atom stereocenters. The third-order valence-corrected chi connectivity index (χ3v) is 3.99. The number of nitrogens with zero attached hydrogens (tertiary/aromatic N) is 1. The molecule has 9 nitrogen and oxygen atoms in total. The van der Waals surface area contributed by atoms with Crippen molar-refractivity contribution in [3.8, 4) is 0 Å². The highest BCUT2D eigenvalue weighted by Crippen LogP contribution is 2.29. The summed E-state index contributed by atoms with van der Waals surface area (Å²) < 4.78 is 9.33. The Morgan fingerprint density at radius 3 is 1.83 bits per heavy atom. The van der Waals surface area contributed by atoms with Crippen LogP contribution in [0.5, 0.6) is 0 Å². The number of imide groups is 1. The Hall–Kier alpha value is -4.27. The predicted molar refractivity (Wildman–Crippen MR) is 99.0 cm³/mol. The van der Waals surface area contributed by atoms with E-state index in [2.05, 4.69) is 22.6 Å². The monoisotopic (exact) mass is 394 g/mol. The van der Waals surface area contributed by atoms with Gasteiger partial charge >= 0.3 is 24.1 Å². The van der Waals surface area contributed by atoms with Gasteiger partial charge in [0.05, 0.1) is 11.1 Å². The quantitative estimate of drug-likeness (QED) is 0.339. The Balaban J connectivity index is 1.91. The van der Waals surface area contributed by atoms with E-state index in [1.54, 1.807) is 24.3 Å². The van der Waals surface area contributed by atoms with Gasteiger partial charge in [0, 0.05) is 17.5 Å². The molecule has 3 amide bonds. The number of amides is 3. The Kier molecular flexibility index (Phi) is 5.22. The summed E-state index contributed by atoms with van der Waals surface area (Å²) in [4.78, 5) is 60.9. The number of benzene rings is 2. The Labute approximate surface area is 164 Å². The van der Waals surface area contributed by atoms with Crippen LogP contribution in [0.4, 0.5) is 0 Å². The van der Waals surface area contributed by atoms with E-state index in [0.717, 1.165) is 12.2 Å². The number of carbonyl (C=O) groups is 5. The normalized spacial score (nSPS) is 12.5. The summed E-state index contributed by atoms with van der Waals surface area (Å²) in [5.74, 6) is -4.95. The van der Waals surface area contributed by atoms with Crippen molar-refractivity contribution in [3.05, 3.63) is 72.8 Å². The van der Waals surface area contributed by atoms with Crippen LogP contribution in [0.3, 0.4) is 0 Å². The zero-order valence-electron chi connectivity index (χ0n) is 14.9. The van der Waals surface area contributed by atoms with Crippen molar-refractivity contribution in [1.29, 1.82) is 0 Å². The van der Waals surface area contributed by atoms with Crippen LogP contribution in [0, 0.1) is 0 Å². The fourth-order valence-electron chi connectivity index (χ4n) is 2.73. The van der Waals surface area contributed by atoms with Crippen LogP contribution in [0.2, 0.25) is 0 Å². The zero-order chi connectivity index (χ0) is 21.1. The third kappa shape index (κ3) is 3.61. The number of hydrazine groups is 1. The molecule has 1 aliphatic heterocycles. The van der Waals surface area contributed by atoms with E-state index in [9.17, 15) is 24.0 Å². The van der Waals surface area contributed by atoms with Crippen molar-refractivity contribution in [2.75, 3.05) is 0 Å². The number of esters is 2. The molecule has 0 saturated heterocycles. The van der Waals surface area contributed by atoms with Gasteiger partial charge in [-0.3, -0.25) is 19.8 Å². The number of rotatable bonds is 6. The van der Waals surface area contributed by atoms with Gasteiger partial charge in [0.25, 0.3) is 11.8 Å². The van der Waals surface area contributed by atoms with Crippen molar-refractivity contribution in [2.24, 2.45) is 0 Å². The van der Waals surface area contributed by atoms with Gasteiger partial charge < -0.3 is 9.47 Å². The molecule has 0 bridgehead atoms. The van der Waals surface area contributed by atoms with Crippen molar-refractivity contribution < 1.29 is 33.4 Å². The average Bonchev–Trinajstić information content (AvgIpc) is 2.73. The lowest BCUT2D eigenvalue weighted by molar-refractivity contribution is -0.188. The third-order valence-electron chi connectivity index (χ3n) is 3.99. The Morgan fingerprint density at radius 2 is 1.38 bits per heavy atom. The van der Waals surface area contributed by atoms with Crippen LogP contribution in [-0.4, -0.2) is 41.0 Å². The van der Waals surface area contributed by atoms with Crippen LogP contribution >= 0.6 is 0 Å². The fourth-order valence-corrected chi connectivity index (χ4v) is 2.73. The standard InChI is InChI=1S/C20H14N2O7/c1-3-14(23)28-20(29-15(24)4-2)17(25)21-22-18(26)12-9-5-7-11-8-6-10-13(16(11)12)19(22)27/h3-10,20H,1-2H2,(H,21,25). The minimum absolute atomic E-state index is 0.195. The van der Waals surface area contributed by atoms with Gasteiger partial charge in [-0.1, -0.05) is 37.4 Å². The van der Waals surface area contributed by atoms with Crippen molar-refractivity contribution >= 4 is 40.4 Å². The van der Waals surface area contributed by atoms with Crippen molar-refractivity contribution in [3.63, 3.8) is 0 Å². The molecule has 0 radical (unpaired) electrons. The molecular weight excluding hydrogens is 380 g/mol. The van der Waals surface area contributed by atoms with E-state index in [0.29, 0.717) is 15.8 Å². The van der Waals surface area contributed by atoms with Gasteiger partial charge in [0.2, 0.25) is 0 Å². The number of carbonyl (C=O) groups excluding carboxylic acids is 5. The minimum Gasteiger partial charge on any atom is -0.412 e. The second-order valence-corrected chi connectivity index (χ2v) is 5.74. The first kappa shape index (κ1) is 19.5. The lowest BCUT2D eigenvalue weighted by Crippen LogP contribution is -2.55. The van der Waals surface area contributed by atoms with Crippen molar-refractivity contribution in [2.45, 2.75) is 6.29 Å². The molecule has 29 heavy (non-hydrogen) atoms. The molecule has 0 spiro atoms. The summed E-state index contributed by atoms with van der Waals surface area (Å²) in [5.41, 5.74) is 2.42. The maximum absolute atomic E-state index is 12.8. The summed E-state index contributed by atoms with van der Waals surface area (Å²) in [6.07, 6.45) is -0.577. The SMILES string of the molecule is C=CC(=O)OC(OC(=O)C=C)C(=O)NN1C(=O)c2cccc3cccc(c23)C1=O. The van der Waals surface area contributed by atoms with Crippen LogP contribution in [-0.2, 0) is 23.9 Å². The number of nitrogens with one attached hydrogen (secondary N) is 1. The molecule has 9 heteroatoms. The topological polar surface area (TPSA) is 119 Å². The molecular formula is C20H14N2O7. The number of ether oxygens (including phenoxy) is 2. The highest BCUT2D eigenvalue weighted by Gasteiger charge is 2.37. The zero-order valence-corrected chi connectivity index (χ0v) is 14.9. The summed E-state index contributed by atoms with van der Waals surface area (Å²) in [6, 6.07) is 9.78. The van der Waals surface area contributed by atoms with Gasteiger partial charge in [-0.25, -0.2) is 9.59 Å². The molecule has 2 aromatic rings. The highest BCUT2D eigenvalue weighted by molar-refractivity contribution is 6.25. The Morgan fingerprint density at radius 1 is 0.897 bits per heavy atom. The van der Waals surface area contributed by atoms with E-state index in [-0.39, 0.29) is 11.1 Å². The molecule has 1 N–H and O–H groups in total. The maximum atomic E-state index is 12.8. The molecule has 1 aliphatic rings. The first-order valence-corrected chi connectivity index (χ1v) is 8.24. The molecule has 0 aromatic heterocycles. The number of hydrogen-bond acceptors (Lipinski definition) is 7. The van der Waals surface area contributed by atoms with Crippen LogP contribution < -0.4 is 5.43 Å². The summed E-state index contributed by atoms with van der Waals surface area (Å²) >= 11 is 0. The summed E-state index contributed by atoms with van der Waals surface area (Å²) in [7, 11) is 0. The molecule has 0 saturated carbocycles. The second kappa shape index (κ2) is 7.77. The molecule has 0 atom stereocenters. The molecule has 0 aliphatic carbocycles. The van der Waals surface area contributed by atoms with Crippen LogP contribution in [0.25, 0.3) is 10.8 Å². The second-order valence-electron chi connectivity index (χ2n) is 5.74. The van der Waals surface area contributed by atoms with E-state index < -0.39 is 36.0 Å². The molecule has 0 fully saturated rings. The van der Waals surface area contributed by atoms with E-state index in [4.69, 9.17) is 0 Å². The smallest absolute Gasteiger partial charge is 0.333 e. The predicted octanol–water partition coefficient (Wildman–Crippen LogP) is 1.25. The van der Waals surface area contributed by atoms with Crippen molar-refractivity contribution in [1.82, 2.24) is 10.4 Å². The Bertz CT molecular complexity index is 1020. The lowest BCUT2D eigenvalue weighted by atomic mass is 9.95. The van der Waals surface area contributed by atoms with Gasteiger partial charge in [-0.15, -0.1) is 0 Å². The minimum atomic E-state index is -2.07. The van der Waals surface area contributed by atoms with Gasteiger partial charge in [-0.05, 0) is 17.5 Å². The number of hydrogen-bond donors (Lipinski definition) is 1. The molecule has 2 aromatic carbocycles. The summed E-state index contributed by atoms with van der Waals surface area (Å²) in [5, 5.41) is 1.62. The summed E-state index contributed by atoms with van der Waals surface area (Å²) in [6.45, 7) is 6.35. The van der Waals surface area contributed by atoms with E-state index in [1.165, 1.54) is 12.1 Å².